The van der Waals surface area contributed by atoms with E-state index >= 15 is 0 Å². The molecular formula is C13H12ClN3O3. The number of nitrogens with one attached hydrogen (secondary N) is 1. The number of aromatic nitrogens is 2. The van der Waals surface area contributed by atoms with E-state index in [4.69, 9.17) is 21.1 Å². The largest absolute Gasteiger partial charge is 0.496 e. The van der Waals surface area contributed by atoms with Gasteiger partial charge in [-0.3, -0.25) is 4.79 Å². The Bertz CT molecular complexity index is 612. The Balaban J connectivity index is 2.36. The van der Waals surface area contributed by atoms with Gasteiger partial charge in [0.15, 0.2) is 11.0 Å². The first-order chi connectivity index (χ1) is 9.67. The van der Waals surface area contributed by atoms with E-state index in [0.29, 0.717) is 11.5 Å². The Labute approximate surface area is 120 Å². The number of hydrogen-bond donors (Lipinski definition) is 1. The number of nitrogens with zero attached hydrogens (tertiary/aromatic N) is 2. The summed E-state index contributed by atoms with van der Waals surface area (Å²) in [6.45, 7) is 0. The summed E-state index contributed by atoms with van der Waals surface area (Å²) in [5.41, 5.74) is 0.263. The van der Waals surface area contributed by atoms with Crippen LogP contribution in [0.15, 0.2) is 30.6 Å². The number of hydrogen-bond acceptors (Lipinski definition) is 5. The van der Waals surface area contributed by atoms with Crippen molar-refractivity contribution in [3.8, 4) is 11.5 Å². The van der Waals surface area contributed by atoms with Crippen LogP contribution in [-0.4, -0.2) is 30.1 Å². The van der Waals surface area contributed by atoms with Crippen molar-refractivity contribution >= 4 is 23.3 Å². The molecule has 1 heterocycles. The zero-order chi connectivity index (χ0) is 14.5. The fourth-order valence-corrected chi connectivity index (χ4v) is 1.80. The van der Waals surface area contributed by atoms with Crippen LogP contribution in [0.3, 0.4) is 0 Å². The summed E-state index contributed by atoms with van der Waals surface area (Å²) in [4.78, 5) is 20.1. The minimum Gasteiger partial charge on any atom is -0.496 e. The molecule has 0 bridgehead atoms. The molecule has 104 valence electrons. The van der Waals surface area contributed by atoms with Gasteiger partial charge in [-0.15, -0.1) is 0 Å². The third kappa shape index (κ3) is 2.80. The highest BCUT2D eigenvalue weighted by Gasteiger charge is 2.19. The van der Waals surface area contributed by atoms with Crippen LogP contribution in [-0.2, 0) is 0 Å². The first-order valence-corrected chi connectivity index (χ1v) is 6.04. The molecule has 6 nitrogen and oxygen atoms in total. The van der Waals surface area contributed by atoms with Crippen LogP contribution in [0, 0.1) is 0 Å². The molecule has 0 aliphatic rings. The third-order valence-electron chi connectivity index (χ3n) is 2.54. The summed E-state index contributed by atoms with van der Waals surface area (Å²) in [6, 6.07) is 5.05. The molecule has 0 atom stereocenters. The zero-order valence-corrected chi connectivity index (χ0v) is 11.6. The average molecular weight is 294 g/mol. The summed E-state index contributed by atoms with van der Waals surface area (Å²) in [6.07, 6.45) is 2.86. The molecule has 0 spiro atoms. The smallest absolute Gasteiger partial charge is 0.264 e. The molecule has 0 saturated heterocycles. The highest BCUT2D eigenvalue weighted by Crippen LogP contribution is 2.29. The minimum absolute atomic E-state index is 0.106. The van der Waals surface area contributed by atoms with E-state index in [9.17, 15) is 4.79 Å². The molecule has 1 aromatic carbocycles. The number of halogens is 1. The van der Waals surface area contributed by atoms with Gasteiger partial charge in [-0.2, -0.15) is 0 Å². The predicted molar refractivity (Wildman–Crippen MR) is 74.5 cm³/mol. The van der Waals surface area contributed by atoms with Gasteiger partial charge in [0, 0.05) is 12.4 Å². The van der Waals surface area contributed by atoms with Crippen molar-refractivity contribution in [1.82, 2.24) is 9.97 Å². The molecule has 0 aliphatic heterocycles. The second kappa shape index (κ2) is 6.21. The Morgan fingerprint density at radius 2 is 1.75 bits per heavy atom. The maximum absolute atomic E-state index is 12.3. The molecule has 0 unspecified atom stereocenters. The van der Waals surface area contributed by atoms with Gasteiger partial charge in [0.2, 0.25) is 0 Å². The maximum Gasteiger partial charge on any atom is 0.264 e. The number of rotatable bonds is 4. The first kappa shape index (κ1) is 14.1. The minimum atomic E-state index is -0.443. The number of amides is 1. The fourth-order valence-electron chi connectivity index (χ4n) is 1.65. The number of anilines is 1. The van der Waals surface area contributed by atoms with Crippen LogP contribution < -0.4 is 14.8 Å². The van der Waals surface area contributed by atoms with E-state index in [1.165, 1.54) is 26.6 Å². The Hall–Kier alpha value is -2.34. The van der Waals surface area contributed by atoms with Gasteiger partial charge in [0.1, 0.15) is 17.1 Å². The number of benzene rings is 1. The van der Waals surface area contributed by atoms with Gasteiger partial charge >= 0.3 is 0 Å². The summed E-state index contributed by atoms with van der Waals surface area (Å²) < 4.78 is 10.3. The van der Waals surface area contributed by atoms with E-state index < -0.39 is 5.91 Å². The van der Waals surface area contributed by atoms with Crippen LogP contribution in [0.4, 0.5) is 5.82 Å². The molecule has 1 amide bonds. The molecule has 0 aliphatic carbocycles. The summed E-state index contributed by atoms with van der Waals surface area (Å²) in [5, 5.41) is 2.68. The van der Waals surface area contributed by atoms with Gasteiger partial charge < -0.3 is 14.8 Å². The van der Waals surface area contributed by atoms with E-state index in [1.54, 1.807) is 18.2 Å². The number of methoxy groups -OCH3 is 2. The zero-order valence-electron chi connectivity index (χ0n) is 10.9. The van der Waals surface area contributed by atoms with Crippen molar-refractivity contribution in [2.45, 2.75) is 0 Å². The number of ether oxygens (including phenoxy) is 2. The Morgan fingerprint density at radius 1 is 1.15 bits per heavy atom. The van der Waals surface area contributed by atoms with Gasteiger partial charge in [0.05, 0.1) is 14.2 Å². The lowest BCUT2D eigenvalue weighted by Gasteiger charge is -2.12. The number of carbonyl (C=O) groups is 1. The van der Waals surface area contributed by atoms with Crippen molar-refractivity contribution in [2.24, 2.45) is 0 Å². The van der Waals surface area contributed by atoms with Crippen LogP contribution in [0.5, 0.6) is 11.5 Å². The quantitative estimate of drug-likeness (QED) is 0.937. The van der Waals surface area contributed by atoms with Crippen molar-refractivity contribution in [1.29, 1.82) is 0 Å². The summed E-state index contributed by atoms with van der Waals surface area (Å²) in [7, 11) is 2.95. The summed E-state index contributed by atoms with van der Waals surface area (Å²) in [5.74, 6) is 0.512. The van der Waals surface area contributed by atoms with E-state index in [0.717, 1.165) is 0 Å². The molecular weight excluding hydrogens is 282 g/mol. The average Bonchev–Trinajstić information content (AvgIpc) is 2.48. The third-order valence-corrected chi connectivity index (χ3v) is 2.82. The molecule has 0 radical (unpaired) electrons. The van der Waals surface area contributed by atoms with Gasteiger partial charge in [-0.25, -0.2) is 9.97 Å². The second-order valence-corrected chi connectivity index (χ2v) is 4.05. The van der Waals surface area contributed by atoms with Gasteiger partial charge in [0.25, 0.3) is 5.91 Å². The second-order valence-electron chi connectivity index (χ2n) is 3.69. The van der Waals surface area contributed by atoms with E-state index in [2.05, 4.69) is 15.3 Å². The molecule has 7 heteroatoms. The molecule has 1 N–H and O–H groups in total. The van der Waals surface area contributed by atoms with Crippen LogP contribution in [0.2, 0.25) is 5.15 Å². The topological polar surface area (TPSA) is 73.3 Å². The lowest BCUT2D eigenvalue weighted by Crippen LogP contribution is -2.16. The molecule has 20 heavy (non-hydrogen) atoms. The number of carbonyl (C=O) groups excluding carboxylic acids is 1. The highest BCUT2D eigenvalue weighted by molar-refractivity contribution is 6.32. The standard InChI is InChI=1S/C13H12ClN3O3/c1-19-8-4-3-5-9(20-2)10(8)13(18)17-12-11(14)15-6-7-16-12/h3-7H,1-2H3,(H,16,17,18). The van der Waals surface area contributed by atoms with Crippen LogP contribution in [0.1, 0.15) is 10.4 Å². The van der Waals surface area contributed by atoms with Crippen LogP contribution in [0.25, 0.3) is 0 Å². The van der Waals surface area contributed by atoms with Crippen molar-refractivity contribution in [3.63, 3.8) is 0 Å². The monoisotopic (exact) mass is 293 g/mol. The van der Waals surface area contributed by atoms with Crippen molar-refractivity contribution in [3.05, 3.63) is 41.3 Å². The normalized spacial score (nSPS) is 9.95. The van der Waals surface area contributed by atoms with Gasteiger partial charge in [-0.05, 0) is 12.1 Å². The Kier molecular flexibility index (Phi) is 4.37. The van der Waals surface area contributed by atoms with Crippen molar-refractivity contribution in [2.75, 3.05) is 19.5 Å². The SMILES string of the molecule is COc1cccc(OC)c1C(=O)Nc1nccnc1Cl. The van der Waals surface area contributed by atoms with E-state index in [-0.39, 0.29) is 16.5 Å². The molecule has 2 aromatic rings. The molecule has 0 saturated carbocycles. The lowest BCUT2D eigenvalue weighted by molar-refractivity contribution is 0.102. The van der Waals surface area contributed by atoms with Gasteiger partial charge in [-0.1, -0.05) is 17.7 Å². The maximum atomic E-state index is 12.3. The van der Waals surface area contributed by atoms with E-state index in [1.807, 2.05) is 0 Å². The lowest BCUT2D eigenvalue weighted by atomic mass is 10.1. The molecule has 2 rings (SSSR count). The predicted octanol–water partition coefficient (Wildman–Crippen LogP) is 2.40. The Morgan fingerprint density at radius 3 is 2.30 bits per heavy atom. The summed E-state index contributed by atoms with van der Waals surface area (Å²) >= 11 is 5.85. The fraction of sp³-hybridized carbons (Fsp3) is 0.154. The molecule has 1 aromatic heterocycles. The molecule has 0 fully saturated rings. The first-order valence-electron chi connectivity index (χ1n) is 5.66. The highest BCUT2D eigenvalue weighted by atomic mass is 35.5. The van der Waals surface area contributed by atoms with Crippen molar-refractivity contribution < 1.29 is 14.3 Å². The van der Waals surface area contributed by atoms with Crippen LogP contribution >= 0.6 is 11.6 Å².